The largest absolute Gasteiger partial charge is 0.308 e. The first-order valence-corrected chi connectivity index (χ1v) is 6.91. The molecule has 5 heteroatoms. The summed E-state index contributed by atoms with van der Waals surface area (Å²) in [6.07, 6.45) is 0. The molecule has 0 unspecified atom stereocenters. The minimum Gasteiger partial charge on any atom is -0.308 e. The molecule has 0 aliphatic rings. The van der Waals surface area contributed by atoms with Crippen LogP contribution in [0.25, 0.3) is 10.9 Å². The molecule has 0 bridgehead atoms. The molecule has 0 saturated carbocycles. The van der Waals surface area contributed by atoms with Crippen molar-refractivity contribution in [1.82, 2.24) is 14.7 Å². The second-order valence-electron chi connectivity index (χ2n) is 3.98. The van der Waals surface area contributed by atoms with Crippen molar-refractivity contribution in [2.45, 2.75) is 6.54 Å². The molecule has 1 heterocycles. The minimum absolute atomic E-state index is 0.920. The van der Waals surface area contributed by atoms with Crippen LogP contribution in [0.2, 0.25) is 0 Å². The maximum Gasteiger partial charge on any atom is 0.131 e. The van der Waals surface area contributed by atoms with Crippen molar-refractivity contribution in [3.05, 3.63) is 26.4 Å². The second-order valence-corrected chi connectivity index (χ2v) is 5.92. The lowest BCUT2D eigenvalue weighted by atomic mass is 10.2. The molecule has 86 valence electrons. The van der Waals surface area contributed by atoms with Gasteiger partial charge in [-0.2, -0.15) is 5.10 Å². The minimum atomic E-state index is 0.920. The standard InChI is InChI=1S/C11H13BrIN3/c1-15(2)5-6-16-10-7-8(12)3-4-9(10)11(13)14-16/h3-4,7H,5-6H2,1-2H3. The van der Waals surface area contributed by atoms with Gasteiger partial charge in [0.25, 0.3) is 0 Å². The number of likely N-dealkylation sites (N-methyl/N-ethyl adjacent to an activating group) is 1. The summed E-state index contributed by atoms with van der Waals surface area (Å²) in [5.41, 5.74) is 1.20. The molecule has 0 N–H and O–H groups in total. The molecular weight excluding hydrogens is 381 g/mol. The second kappa shape index (κ2) is 5.01. The normalized spacial score (nSPS) is 11.6. The molecule has 0 radical (unpaired) electrons. The molecule has 1 aromatic carbocycles. The Labute approximate surface area is 117 Å². The van der Waals surface area contributed by atoms with Crippen molar-refractivity contribution in [3.63, 3.8) is 0 Å². The molecule has 0 fully saturated rings. The number of nitrogens with zero attached hydrogens (tertiary/aromatic N) is 3. The van der Waals surface area contributed by atoms with Gasteiger partial charge in [-0.3, -0.25) is 4.68 Å². The Hall–Kier alpha value is -0.140. The van der Waals surface area contributed by atoms with Crippen LogP contribution in [-0.4, -0.2) is 35.3 Å². The number of hydrogen-bond donors (Lipinski definition) is 0. The fraction of sp³-hybridized carbons (Fsp3) is 0.364. The zero-order valence-electron chi connectivity index (χ0n) is 9.24. The van der Waals surface area contributed by atoms with E-state index in [1.54, 1.807) is 0 Å². The van der Waals surface area contributed by atoms with Crippen molar-refractivity contribution in [1.29, 1.82) is 0 Å². The Kier molecular flexibility index (Phi) is 3.86. The molecule has 0 spiro atoms. The van der Waals surface area contributed by atoms with Crippen LogP contribution in [-0.2, 0) is 6.54 Å². The van der Waals surface area contributed by atoms with Gasteiger partial charge in [-0.05, 0) is 54.9 Å². The Morgan fingerprint density at radius 2 is 2.19 bits per heavy atom. The zero-order chi connectivity index (χ0) is 11.7. The third kappa shape index (κ3) is 2.57. The van der Waals surface area contributed by atoms with Gasteiger partial charge in [0.15, 0.2) is 0 Å². The van der Waals surface area contributed by atoms with E-state index in [4.69, 9.17) is 0 Å². The predicted molar refractivity (Wildman–Crippen MR) is 78.7 cm³/mol. The summed E-state index contributed by atoms with van der Waals surface area (Å²) < 4.78 is 4.24. The molecule has 0 saturated heterocycles. The van der Waals surface area contributed by atoms with E-state index < -0.39 is 0 Å². The van der Waals surface area contributed by atoms with Gasteiger partial charge in [0.05, 0.1) is 12.1 Å². The molecule has 0 atom stereocenters. The first kappa shape index (κ1) is 12.3. The SMILES string of the molecule is CN(C)CCn1nc(I)c2ccc(Br)cc21. The van der Waals surface area contributed by atoms with Crippen LogP contribution in [0.5, 0.6) is 0 Å². The Morgan fingerprint density at radius 3 is 2.88 bits per heavy atom. The van der Waals surface area contributed by atoms with Crippen molar-refractivity contribution >= 4 is 49.4 Å². The first-order valence-electron chi connectivity index (χ1n) is 5.04. The highest BCUT2D eigenvalue weighted by atomic mass is 127. The van der Waals surface area contributed by atoms with E-state index in [-0.39, 0.29) is 0 Å². The number of halogens is 2. The third-order valence-corrected chi connectivity index (χ3v) is 3.72. The van der Waals surface area contributed by atoms with Gasteiger partial charge in [0.1, 0.15) is 3.70 Å². The van der Waals surface area contributed by atoms with Crippen LogP contribution in [0.15, 0.2) is 22.7 Å². The van der Waals surface area contributed by atoms with E-state index in [1.807, 2.05) is 0 Å². The molecule has 2 aromatic rings. The third-order valence-electron chi connectivity index (χ3n) is 2.43. The van der Waals surface area contributed by atoms with Crippen molar-refractivity contribution < 1.29 is 0 Å². The molecule has 0 amide bonds. The Balaban J connectivity index is 2.41. The Bertz CT molecular complexity index is 507. The molecule has 16 heavy (non-hydrogen) atoms. The van der Waals surface area contributed by atoms with Crippen molar-refractivity contribution in [2.24, 2.45) is 0 Å². The summed E-state index contributed by atoms with van der Waals surface area (Å²) in [6.45, 7) is 1.92. The summed E-state index contributed by atoms with van der Waals surface area (Å²) in [5, 5.41) is 5.78. The number of hydrogen-bond acceptors (Lipinski definition) is 2. The number of rotatable bonds is 3. The van der Waals surface area contributed by atoms with Crippen LogP contribution in [0.1, 0.15) is 0 Å². The highest BCUT2D eigenvalue weighted by molar-refractivity contribution is 14.1. The molecular formula is C11H13BrIN3. The van der Waals surface area contributed by atoms with Gasteiger partial charge in [0.2, 0.25) is 0 Å². The van der Waals surface area contributed by atoms with E-state index >= 15 is 0 Å². The summed E-state index contributed by atoms with van der Waals surface area (Å²) in [6, 6.07) is 6.29. The predicted octanol–water partition coefficient (Wildman–Crippen LogP) is 2.97. The lowest BCUT2D eigenvalue weighted by Gasteiger charge is -2.09. The van der Waals surface area contributed by atoms with Gasteiger partial charge in [-0.25, -0.2) is 0 Å². The van der Waals surface area contributed by atoms with Gasteiger partial charge < -0.3 is 4.90 Å². The number of fused-ring (bicyclic) bond motifs is 1. The van der Waals surface area contributed by atoms with Crippen LogP contribution >= 0.6 is 38.5 Å². The zero-order valence-corrected chi connectivity index (χ0v) is 13.0. The maximum atomic E-state index is 4.56. The van der Waals surface area contributed by atoms with E-state index in [0.717, 1.165) is 21.3 Å². The smallest absolute Gasteiger partial charge is 0.131 e. The lowest BCUT2D eigenvalue weighted by Crippen LogP contribution is -2.19. The highest BCUT2D eigenvalue weighted by Crippen LogP contribution is 2.23. The van der Waals surface area contributed by atoms with Gasteiger partial charge in [-0.15, -0.1) is 0 Å². The van der Waals surface area contributed by atoms with E-state index in [9.17, 15) is 0 Å². The average molecular weight is 394 g/mol. The molecule has 0 aliphatic heterocycles. The van der Waals surface area contributed by atoms with Gasteiger partial charge in [0, 0.05) is 16.4 Å². The van der Waals surface area contributed by atoms with E-state index in [1.165, 1.54) is 10.9 Å². The summed E-state index contributed by atoms with van der Waals surface area (Å²) >= 11 is 5.79. The molecule has 1 aromatic heterocycles. The quantitative estimate of drug-likeness (QED) is 0.747. The molecule has 3 nitrogen and oxygen atoms in total. The molecule has 2 rings (SSSR count). The van der Waals surface area contributed by atoms with Crippen LogP contribution in [0.3, 0.4) is 0 Å². The highest BCUT2D eigenvalue weighted by Gasteiger charge is 2.08. The monoisotopic (exact) mass is 393 g/mol. The number of benzene rings is 1. The number of aromatic nitrogens is 2. The van der Waals surface area contributed by atoms with Crippen LogP contribution in [0, 0.1) is 3.70 Å². The first-order chi connectivity index (χ1) is 7.58. The van der Waals surface area contributed by atoms with Crippen molar-refractivity contribution in [2.75, 3.05) is 20.6 Å². The fourth-order valence-electron chi connectivity index (χ4n) is 1.57. The summed E-state index contributed by atoms with van der Waals surface area (Å²) in [7, 11) is 4.15. The van der Waals surface area contributed by atoms with E-state index in [2.05, 4.69) is 85.5 Å². The van der Waals surface area contributed by atoms with Crippen molar-refractivity contribution in [3.8, 4) is 0 Å². The summed E-state index contributed by atoms with van der Waals surface area (Å²) in [4.78, 5) is 2.17. The van der Waals surface area contributed by atoms with Crippen LogP contribution in [0.4, 0.5) is 0 Å². The fourth-order valence-corrected chi connectivity index (χ4v) is 2.64. The topological polar surface area (TPSA) is 21.1 Å². The van der Waals surface area contributed by atoms with Gasteiger partial charge in [-0.1, -0.05) is 15.9 Å². The average Bonchev–Trinajstić information content (AvgIpc) is 2.52. The van der Waals surface area contributed by atoms with Gasteiger partial charge >= 0.3 is 0 Å². The maximum absolute atomic E-state index is 4.56. The van der Waals surface area contributed by atoms with E-state index in [0.29, 0.717) is 0 Å². The molecule has 0 aliphatic carbocycles. The van der Waals surface area contributed by atoms with Crippen LogP contribution < -0.4 is 0 Å². The Morgan fingerprint density at radius 1 is 1.44 bits per heavy atom. The summed E-state index contributed by atoms with van der Waals surface area (Å²) in [5.74, 6) is 0. The lowest BCUT2D eigenvalue weighted by molar-refractivity contribution is 0.376.